The summed E-state index contributed by atoms with van der Waals surface area (Å²) >= 11 is 0. The first kappa shape index (κ1) is 21.3. The van der Waals surface area contributed by atoms with Crippen LogP contribution in [0.1, 0.15) is 47.0 Å². The molecule has 1 heterocycles. The Bertz CT molecular complexity index is 619. The molecule has 1 aliphatic heterocycles. The highest BCUT2D eigenvalue weighted by Crippen LogP contribution is 2.64. The molecule has 1 saturated heterocycles. The Morgan fingerprint density at radius 1 is 1.19 bits per heavy atom. The minimum Gasteiger partial charge on any atom is -0.349 e. The summed E-state index contributed by atoms with van der Waals surface area (Å²) in [4.78, 5) is 51.2. The number of carbonyl (C=O) groups excluding carboxylic acids is 4. The van der Waals surface area contributed by atoms with E-state index in [0.717, 1.165) is 6.42 Å². The molecule has 2 aliphatic rings. The summed E-state index contributed by atoms with van der Waals surface area (Å²) in [6, 6.07) is -1.51. The molecule has 3 unspecified atom stereocenters. The zero-order valence-electron chi connectivity index (χ0n) is 16.7. The minimum atomic E-state index is -0.880. The van der Waals surface area contributed by atoms with Gasteiger partial charge >= 0.3 is 0 Å². The highest BCUT2D eigenvalue weighted by atomic mass is 16.2. The van der Waals surface area contributed by atoms with Gasteiger partial charge in [-0.2, -0.15) is 0 Å². The summed E-state index contributed by atoms with van der Waals surface area (Å²) in [7, 11) is 0. The standard InChI is InChI=1S/C19H32N4O4/c1-5-7-12(16(25)18(27)21-8-6-2)22-17(26)15-14-11(19(14,3)4)10-23(15)13(24)9-20/h11-12,14-15H,5-10,20H2,1-4H3,(H,21,27)(H,22,26)/t11?,12?,14?,15-/m0/s1. The zero-order chi connectivity index (χ0) is 20.4. The largest absolute Gasteiger partial charge is 0.349 e. The molecule has 27 heavy (non-hydrogen) atoms. The number of nitrogens with one attached hydrogen (secondary N) is 2. The number of nitrogens with zero attached hydrogens (tertiary/aromatic N) is 1. The number of fused-ring (bicyclic) bond motifs is 1. The van der Waals surface area contributed by atoms with Gasteiger partial charge in [-0.1, -0.05) is 34.1 Å². The van der Waals surface area contributed by atoms with Crippen molar-refractivity contribution in [3.63, 3.8) is 0 Å². The SMILES string of the molecule is CCCNC(=O)C(=O)C(CCC)NC(=O)[C@@H]1C2C(CN1C(=O)CN)C2(C)C. The Kier molecular flexibility index (Phi) is 6.62. The first-order valence-electron chi connectivity index (χ1n) is 9.82. The van der Waals surface area contributed by atoms with Crippen LogP contribution < -0.4 is 16.4 Å². The number of hydrogen-bond acceptors (Lipinski definition) is 5. The van der Waals surface area contributed by atoms with Crippen molar-refractivity contribution in [2.45, 2.75) is 59.0 Å². The van der Waals surface area contributed by atoms with Gasteiger partial charge in [0.1, 0.15) is 6.04 Å². The molecule has 1 saturated carbocycles. The van der Waals surface area contributed by atoms with Gasteiger partial charge in [0.2, 0.25) is 17.6 Å². The molecule has 0 bridgehead atoms. The quantitative estimate of drug-likeness (QED) is 0.479. The van der Waals surface area contributed by atoms with E-state index in [1.54, 1.807) is 0 Å². The minimum absolute atomic E-state index is 0.0177. The molecule has 0 aromatic rings. The normalized spacial score (nSPS) is 26.1. The average molecular weight is 380 g/mol. The second-order valence-electron chi connectivity index (χ2n) is 8.12. The number of piperidine rings is 1. The van der Waals surface area contributed by atoms with Crippen LogP contribution in [0.3, 0.4) is 0 Å². The number of rotatable bonds is 9. The molecule has 4 atom stereocenters. The highest BCUT2D eigenvalue weighted by molar-refractivity contribution is 6.38. The Labute approximate surface area is 160 Å². The van der Waals surface area contributed by atoms with Crippen molar-refractivity contribution in [2.75, 3.05) is 19.6 Å². The van der Waals surface area contributed by atoms with Crippen molar-refractivity contribution >= 4 is 23.5 Å². The molecule has 152 valence electrons. The Morgan fingerprint density at radius 2 is 1.85 bits per heavy atom. The molecule has 3 amide bonds. The lowest BCUT2D eigenvalue weighted by atomic mass is 9.99. The van der Waals surface area contributed by atoms with Gasteiger partial charge in [-0.25, -0.2) is 0 Å². The molecule has 0 aromatic carbocycles. The topological polar surface area (TPSA) is 122 Å². The van der Waals surface area contributed by atoms with Crippen LogP contribution in [0.4, 0.5) is 0 Å². The summed E-state index contributed by atoms with van der Waals surface area (Å²) in [5.74, 6) is -1.64. The van der Waals surface area contributed by atoms with E-state index in [0.29, 0.717) is 25.9 Å². The number of amides is 3. The molecule has 8 heteroatoms. The maximum absolute atomic E-state index is 13.0. The van der Waals surface area contributed by atoms with E-state index in [-0.39, 0.29) is 35.6 Å². The van der Waals surface area contributed by atoms with E-state index >= 15 is 0 Å². The summed E-state index contributed by atoms with van der Waals surface area (Å²) in [5, 5.41) is 5.30. The molecule has 4 N–H and O–H groups in total. The van der Waals surface area contributed by atoms with E-state index in [4.69, 9.17) is 5.73 Å². The molecule has 1 aliphatic carbocycles. The zero-order valence-corrected chi connectivity index (χ0v) is 16.7. The predicted octanol–water partition coefficient (Wildman–Crippen LogP) is -0.192. The number of ketones is 1. The van der Waals surface area contributed by atoms with Gasteiger partial charge in [-0.05, 0) is 30.1 Å². The van der Waals surface area contributed by atoms with Gasteiger partial charge in [0.25, 0.3) is 5.91 Å². The van der Waals surface area contributed by atoms with Crippen molar-refractivity contribution in [3.8, 4) is 0 Å². The number of hydrogen-bond donors (Lipinski definition) is 3. The van der Waals surface area contributed by atoms with Crippen LogP contribution in [0.25, 0.3) is 0 Å². The predicted molar refractivity (Wildman–Crippen MR) is 100 cm³/mol. The lowest BCUT2D eigenvalue weighted by Gasteiger charge is -2.30. The van der Waals surface area contributed by atoms with Crippen LogP contribution in [-0.4, -0.2) is 60.1 Å². The van der Waals surface area contributed by atoms with Gasteiger partial charge < -0.3 is 21.3 Å². The summed E-state index contributed by atoms with van der Waals surface area (Å²) in [5.41, 5.74) is 5.48. The molecular weight excluding hydrogens is 348 g/mol. The molecule has 2 rings (SSSR count). The molecule has 0 spiro atoms. The van der Waals surface area contributed by atoms with Crippen molar-refractivity contribution in [2.24, 2.45) is 23.0 Å². The fraction of sp³-hybridized carbons (Fsp3) is 0.789. The van der Waals surface area contributed by atoms with E-state index in [2.05, 4.69) is 24.5 Å². The highest BCUT2D eigenvalue weighted by Gasteiger charge is 2.69. The molecule has 2 fully saturated rings. The number of likely N-dealkylation sites (tertiary alicyclic amines) is 1. The Balaban J connectivity index is 2.12. The number of Topliss-reactive ketones (excluding diaryl/α,β-unsaturated/α-hetero) is 1. The lowest BCUT2D eigenvalue weighted by molar-refractivity contribution is -0.142. The average Bonchev–Trinajstić information content (AvgIpc) is 2.99. The number of nitrogens with two attached hydrogens (primary N) is 1. The van der Waals surface area contributed by atoms with Gasteiger partial charge in [0.15, 0.2) is 0 Å². The molecule has 0 radical (unpaired) electrons. The lowest BCUT2D eigenvalue weighted by Crippen LogP contribution is -2.56. The fourth-order valence-corrected chi connectivity index (χ4v) is 4.26. The smallest absolute Gasteiger partial charge is 0.289 e. The van der Waals surface area contributed by atoms with Gasteiger partial charge in [0.05, 0.1) is 12.6 Å². The van der Waals surface area contributed by atoms with E-state index in [1.165, 1.54) is 4.90 Å². The maximum Gasteiger partial charge on any atom is 0.289 e. The summed E-state index contributed by atoms with van der Waals surface area (Å²) < 4.78 is 0. The van der Waals surface area contributed by atoms with Crippen molar-refractivity contribution < 1.29 is 19.2 Å². The molecular formula is C19H32N4O4. The van der Waals surface area contributed by atoms with Crippen LogP contribution in [0.5, 0.6) is 0 Å². The first-order valence-corrected chi connectivity index (χ1v) is 9.82. The second-order valence-corrected chi connectivity index (χ2v) is 8.12. The summed E-state index contributed by atoms with van der Waals surface area (Å²) in [6.07, 6.45) is 1.74. The third-order valence-electron chi connectivity index (χ3n) is 5.94. The van der Waals surface area contributed by atoms with E-state index < -0.39 is 23.8 Å². The van der Waals surface area contributed by atoms with E-state index in [1.807, 2.05) is 13.8 Å². The molecule has 0 aromatic heterocycles. The first-order chi connectivity index (χ1) is 12.7. The van der Waals surface area contributed by atoms with Crippen LogP contribution in [0.2, 0.25) is 0 Å². The number of carbonyl (C=O) groups is 4. The summed E-state index contributed by atoms with van der Waals surface area (Å²) in [6.45, 7) is 8.72. The Morgan fingerprint density at radius 3 is 2.41 bits per heavy atom. The van der Waals surface area contributed by atoms with Crippen LogP contribution in [-0.2, 0) is 19.2 Å². The molecule has 8 nitrogen and oxygen atoms in total. The third-order valence-corrected chi connectivity index (χ3v) is 5.94. The second kappa shape index (κ2) is 8.37. The third kappa shape index (κ3) is 4.15. The van der Waals surface area contributed by atoms with Crippen LogP contribution in [0, 0.1) is 17.3 Å². The Hall–Kier alpha value is -1.96. The fourth-order valence-electron chi connectivity index (χ4n) is 4.26. The monoisotopic (exact) mass is 380 g/mol. The van der Waals surface area contributed by atoms with E-state index in [9.17, 15) is 19.2 Å². The van der Waals surface area contributed by atoms with Crippen molar-refractivity contribution in [3.05, 3.63) is 0 Å². The maximum atomic E-state index is 13.0. The van der Waals surface area contributed by atoms with Gasteiger partial charge in [0, 0.05) is 13.1 Å². The van der Waals surface area contributed by atoms with Crippen molar-refractivity contribution in [1.82, 2.24) is 15.5 Å². The van der Waals surface area contributed by atoms with Crippen LogP contribution in [0.15, 0.2) is 0 Å². The van der Waals surface area contributed by atoms with Gasteiger partial charge in [-0.3, -0.25) is 19.2 Å². The van der Waals surface area contributed by atoms with Crippen molar-refractivity contribution in [1.29, 1.82) is 0 Å². The van der Waals surface area contributed by atoms with Crippen LogP contribution >= 0.6 is 0 Å². The van der Waals surface area contributed by atoms with Gasteiger partial charge in [-0.15, -0.1) is 0 Å².